The smallest absolute Gasteiger partial charge is 0.0610 e. The summed E-state index contributed by atoms with van der Waals surface area (Å²) in [4.78, 5) is 4.92. The van der Waals surface area contributed by atoms with Crippen molar-refractivity contribution in [2.24, 2.45) is 0 Å². The zero-order valence-corrected chi connectivity index (χ0v) is 12.6. The largest absolute Gasteiger partial charge is 0.394 e. The second-order valence-electron chi connectivity index (χ2n) is 6.27. The molecule has 1 unspecified atom stereocenters. The number of likely N-dealkylation sites (N-methyl/N-ethyl adjacent to an activating group) is 1. The van der Waals surface area contributed by atoms with Crippen LogP contribution in [0.3, 0.4) is 0 Å². The van der Waals surface area contributed by atoms with Gasteiger partial charge in [-0.05, 0) is 33.4 Å². The van der Waals surface area contributed by atoms with Gasteiger partial charge in [-0.2, -0.15) is 0 Å². The normalized spacial score (nSPS) is 22.3. The molecule has 1 heterocycles. The molecule has 1 fully saturated rings. The number of hydrogen-bond acceptors (Lipinski definition) is 4. The van der Waals surface area contributed by atoms with E-state index < -0.39 is 0 Å². The molecule has 0 aromatic rings. The molecule has 18 heavy (non-hydrogen) atoms. The summed E-state index contributed by atoms with van der Waals surface area (Å²) in [7, 11) is 2.19. The van der Waals surface area contributed by atoms with Crippen LogP contribution in [-0.4, -0.2) is 72.9 Å². The molecular formula is C14H31N3O. The summed E-state index contributed by atoms with van der Waals surface area (Å²) in [5.41, 5.74) is -0.124. The Kier molecular flexibility index (Phi) is 6.57. The molecule has 0 spiro atoms. The van der Waals surface area contributed by atoms with Crippen molar-refractivity contribution in [2.75, 3.05) is 46.4 Å². The van der Waals surface area contributed by atoms with E-state index in [1.165, 1.54) is 26.2 Å². The molecule has 2 N–H and O–H groups in total. The third-order valence-electron chi connectivity index (χ3n) is 3.78. The Morgan fingerprint density at radius 3 is 2.33 bits per heavy atom. The van der Waals surface area contributed by atoms with Gasteiger partial charge in [-0.1, -0.05) is 13.8 Å². The lowest BCUT2D eigenvalue weighted by molar-refractivity contribution is 0.130. The Hall–Kier alpha value is -0.160. The van der Waals surface area contributed by atoms with Crippen molar-refractivity contribution >= 4 is 0 Å². The minimum absolute atomic E-state index is 0.124. The van der Waals surface area contributed by atoms with Gasteiger partial charge in [0.05, 0.1) is 6.61 Å². The van der Waals surface area contributed by atoms with Gasteiger partial charge in [0.1, 0.15) is 0 Å². The number of aliphatic hydroxyl groups excluding tert-OH is 1. The Morgan fingerprint density at radius 2 is 1.83 bits per heavy atom. The highest BCUT2D eigenvalue weighted by atomic mass is 16.3. The SMILES string of the molecule is CC(C)NC(C)(CO)CCCN1CCN(C)CC1. The van der Waals surface area contributed by atoms with E-state index in [1.807, 2.05) is 0 Å². The summed E-state index contributed by atoms with van der Waals surface area (Å²) in [5.74, 6) is 0. The summed E-state index contributed by atoms with van der Waals surface area (Å²) >= 11 is 0. The number of piperazine rings is 1. The van der Waals surface area contributed by atoms with Crippen LogP contribution in [0.2, 0.25) is 0 Å². The maximum absolute atomic E-state index is 9.52. The van der Waals surface area contributed by atoms with Gasteiger partial charge in [0.25, 0.3) is 0 Å². The molecule has 1 aliphatic heterocycles. The predicted octanol–water partition coefficient (Wildman–Crippen LogP) is 0.763. The molecule has 108 valence electrons. The molecule has 1 saturated heterocycles. The second-order valence-corrected chi connectivity index (χ2v) is 6.27. The maximum atomic E-state index is 9.52. The summed E-state index contributed by atoms with van der Waals surface area (Å²) in [6, 6.07) is 0.422. The van der Waals surface area contributed by atoms with Crippen molar-refractivity contribution in [3.63, 3.8) is 0 Å². The van der Waals surface area contributed by atoms with Gasteiger partial charge in [-0.15, -0.1) is 0 Å². The predicted molar refractivity (Wildman–Crippen MR) is 76.9 cm³/mol. The fourth-order valence-corrected chi connectivity index (χ4v) is 2.66. The van der Waals surface area contributed by atoms with Gasteiger partial charge in [0, 0.05) is 37.8 Å². The van der Waals surface area contributed by atoms with Gasteiger partial charge in [0.15, 0.2) is 0 Å². The van der Waals surface area contributed by atoms with Gasteiger partial charge >= 0.3 is 0 Å². The first kappa shape index (κ1) is 15.9. The average Bonchev–Trinajstić information content (AvgIpc) is 2.31. The average molecular weight is 257 g/mol. The zero-order valence-electron chi connectivity index (χ0n) is 12.6. The highest BCUT2D eigenvalue weighted by Gasteiger charge is 2.24. The monoisotopic (exact) mass is 257 g/mol. The van der Waals surface area contributed by atoms with Crippen LogP contribution in [0.5, 0.6) is 0 Å². The summed E-state index contributed by atoms with van der Waals surface area (Å²) in [6.07, 6.45) is 2.19. The lowest BCUT2D eigenvalue weighted by atomic mass is 9.95. The summed E-state index contributed by atoms with van der Waals surface area (Å²) in [6.45, 7) is 12.5. The Morgan fingerprint density at radius 1 is 1.22 bits per heavy atom. The first-order chi connectivity index (χ1) is 8.45. The fraction of sp³-hybridized carbons (Fsp3) is 1.00. The maximum Gasteiger partial charge on any atom is 0.0610 e. The molecular weight excluding hydrogens is 226 g/mol. The second kappa shape index (κ2) is 7.43. The molecule has 1 aliphatic rings. The van der Waals surface area contributed by atoms with Crippen molar-refractivity contribution in [3.8, 4) is 0 Å². The van der Waals surface area contributed by atoms with E-state index in [-0.39, 0.29) is 12.1 Å². The van der Waals surface area contributed by atoms with Crippen molar-refractivity contribution in [3.05, 3.63) is 0 Å². The molecule has 0 radical (unpaired) electrons. The van der Waals surface area contributed by atoms with Crippen LogP contribution < -0.4 is 5.32 Å². The zero-order chi connectivity index (χ0) is 13.6. The van der Waals surface area contributed by atoms with Crippen molar-refractivity contribution in [2.45, 2.75) is 45.2 Å². The van der Waals surface area contributed by atoms with Crippen molar-refractivity contribution in [1.29, 1.82) is 0 Å². The number of rotatable bonds is 7. The summed E-state index contributed by atoms with van der Waals surface area (Å²) in [5, 5.41) is 13.0. The van der Waals surface area contributed by atoms with Crippen molar-refractivity contribution < 1.29 is 5.11 Å². The number of nitrogens with one attached hydrogen (secondary N) is 1. The number of nitrogens with zero attached hydrogens (tertiary/aromatic N) is 2. The fourth-order valence-electron chi connectivity index (χ4n) is 2.66. The van der Waals surface area contributed by atoms with Crippen LogP contribution in [-0.2, 0) is 0 Å². The van der Waals surface area contributed by atoms with E-state index in [4.69, 9.17) is 0 Å². The third-order valence-corrected chi connectivity index (χ3v) is 3.78. The molecule has 1 rings (SSSR count). The van der Waals surface area contributed by atoms with E-state index in [0.29, 0.717) is 6.04 Å². The first-order valence-corrected chi connectivity index (χ1v) is 7.25. The Bertz CT molecular complexity index is 227. The molecule has 4 heteroatoms. The van der Waals surface area contributed by atoms with Gasteiger partial charge < -0.3 is 20.2 Å². The third kappa shape index (κ3) is 5.65. The molecule has 4 nitrogen and oxygen atoms in total. The molecule has 1 atom stereocenters. The molecule has 0 aromatic carbocycles. The number of hydrogen-bond donors (Lipinski definition) is 2. The highest BCUT2D eigenvalue weighted by molar-refractivity contribution is 4.84. The minimum Gasteiger partial charge on any atom is -0.394 e. The number of aliphatic hydroxyl groups is 1. The topological polar surface area (TPSA) is 38.7 Å². The Labute approximate surface area is 112 Å². The molecule has 0 aromatic heterocycles. The lowest BCUT2D eigenvalue weighted by Crippen LogP contribution is -2.50. The molecule has 0 amide bonds. The molecule has 0 saturated carbocycles. The van der Waals surface area contributed by atoms with E-state index >= 15 is 0 Å². The van der Waals surface area contributed by atoms with Crippen molar-refractivity contribution in [1.82, 2.24) is 15.1 Å². The highest BCUT2D eigenvalue weighted by Crippen LogP contribution is 2.14. The van der Waals surface area contributed by atoms with Gasteiger partial charge in [-0.3, -0.25) is 0 Å². The van der Waals surface area contributed by atoms with E-state index in [2.05, 4.69) is 42.9 Å². The van der Waals surface area contributed by atoms with Crippen LogP contribution in [0, 0.1) is 0 Å². The molecule has 0 bridgehead atoms. The quantitative estimate of drug-likeness (QED) is 0.706. The first-order valence-electron chi connectivity index (χ1n) is 7.25. The van der Waals surface area contributed by atoms with Crippen LogP contribution in [0.15, 0.2) is 0 Å². The van der Waals surface area contributed by atoms with Gasteiger partial charge in [0.2, 0.25) is 0 Å². The van der Waals surface area contributed by atoms with E-state index in [9.17, 15) is 5.11 Å². The van der Waals surface area contributed by atoms with E-state index in [0.717, 1.165) is 19.4 Å². The van der Waals surface area contributed by atoms with E-state index in [1.54, 1.807) is 0 Å². The minimum atomic E-state index is -0.124. The van der Waals surface area contributed by atoms with Gasteiger partial charge in [-0.25, -0.2) is 0 Å². The Balaban J connectivity index is 2.22. The van der Waals surface area contributed by atoms with Crippen LogP contribution in [0.25, 0.3) is 0 Å². The standard InChI is InChI=1S/C14H31N3O/c1-13(2)15-14(3,12-18)6-5-7-17-10-8-16(4)9-11-17/h13,15,18H,5-12H2,1-4H3. The van der Waals surface area contributed by atoms with Crippen LogP contribution in [0.4, 0.5) is 0 Å². The lowest BCUT2D eigenvalue weighted by Gasteiger charge is -2.35. The van der Waals surface area contributed by atoms with Crippen LogP contribution in [0.1, 0.15) is 33.6 Å². The molecule has 0 aliphatic carbocycles. The van der Waals surface area contributed by atoms with Crippen LogP contribution >= 0.6 is 0 Å². The summed E-state index contributed by atoms with van der Waals surface area (Å²) < 4.78 is 0.